The number of amides is 2. The highest BCUT2D eigenvalue weighted by Crippen LogP contribution is 1.85. The van der Waals surface area contributed by atoms with E-state index in [1.165, 1.54) is 0 Å². The normalized spacial score (nSPS) is 9.00. The van der Waals surface area contributed by atoms with Crippen LogP contribution in [0.2, 0.25) is 0 Å². The molecule has 2 N–H and O–H groups in total. The first-order valence-electron chi connectivity index (χ1n) is 4.33. The molecule has 0 aromatic heterocycles. The van der Waals surface area contributed by atoms with E-state index in [1.54, 1.807) is 13.8 Å². The Morgan fingerprint density at radius 1 is 1.07 bits per heavy atom. The van der Waals surface area contributed by atoms with Gasteiger partial charge in [0, 0.05) is 6.42 Å². The van der Waals surface area contributed by atoms with E-state index in [4.69, 9.17) is 0 Å². The fourth-order valence-corrected chi connectivity index (χ4v) is 0.615. The van der Waals surface area contributed by atoms with E-state index in [2.05, 4.69) is 15.6 Å². The van der Waals surface area contributed by atoms with E-state index in [0.29, 0.717) is 0 Å². The first-order chi connectivity index (χ1) is 6.60. The zero-order valence-corrected chi connectivity index (χ0v) is 8.25. The standard InChI is InChI=1S/C8H14N2O4/c1-3-6(11)9-10-7(12)5-8(13)14-4-2/h3-5H2,1-2H3,(H,9,11)(H,10,12). The molecule has 14 heavy (non-hydrogen) atoms. The summed E-state index contributed by atoms with van der Waals surface area (Å²) < 4.78 is 4.53. The van der Waals surface area contributed by atoms with Crippen molar-refractivity contribution < 1.29 is 19.1 Å². The minimum absolute atomic E-state index is 0.230. The lowest BCUT2D eigenvalue weighted by Gasteiger charge is -2.05. The van der Waals surface area contributed by atoms with E-state index in [-0.39, 0.29) is 18.9 Å². The second-order valence-electron chi connectivity index (χ2n) is 2.43. The molecule has 0 aliphatic heterocycles. The third-order valence-corrected chi connectivity index (χ3v) is 1.27. The topological polar surface area (TPSA) is 84.5 Å². The first-order valence-corrected chi connectivity index (χ1v) is 4.33. The maximum atomic E-state index is 10.9. The zero-order chi connectivity index (χ0) is 11.0. The van der Waals surface area contributed by atoms with Crippen molar-refractivity contribution in [1.29, 1.82) is 0 Å². The number of ether oxygens (including phenoxy) is 1. The Labute approximate surface area is 82.0 Å². The molecule has 0 unspecified atom stereocenters. The molecule has 0 rings (SSSR count). The second kappa shape index (κ2) is 6.88. The van der Waals surface area contributed by atoms with E-state index in [9.17, 15) is 14.4 Å². The van der Waals surface area contributed by atoms with Crippen LogP contribution in [0.3, 0.4) is 0 Å². The molecule has 6 nitrogen and oxygen atoms in total. The molecular weight excluding hydrogens is 188 g/mol. The monoisotopic (exact) mass is 202 g/mol. The third kappa shape index (κ3) is 5.99. The zero-order valence-electron chi connectivity index (χ0n) is 8.25. The molecule has 0 radical (unpaired) electrons. The fraction of sp³-hybridized carbons (Fsp3) is 0.625. The predicted octanol–water partition coefficient (Wildman–Crippen LogP) is -0.503. The van der Waals surface area contributed by atoms with Crippen LogP contribution in [0.1, 0.15) is 26.7 Å². The minimum atomic E-state index is -0.615. The Bertz CT molecular complexity index is 227. The summed E-state index contributed by atoms with van der Waals surface area (Å²) in [5.74, 6) is -1.52. The molecule has 0 heterocycles. The van der Waals surface area contributed by atoms with Gasteiger partial charge in [-0.25, -0.2) is 0 Å². The quantitative estimate of drug-likeness (QED) is 0.365. The smallest absolute Gasteiger partial charge is 0.315 e. The number of carbonyl (C=O) groups excluding carboxylic acids is 3. The van der Waals surface area contributed by atoms with E-state index >= 15 is 0 Å². The molecule has 0 bridgehead atoms. The number of hydrogen-bond acceptors (Lipinski definition) is 4. The lowest BCUT2D eigenvalue weighted by atomic mass is 10.4. The van der Waals surface area contributed by atoms with E-state index in [1.807, 2.05) is 0 Å². The van der Waals surface area contributed by atoms with E-state index < -0.39 is 18.3 Å². The Hall–Kier alpha value is -1.59. The summed E-state index contributed by atoms with van der Waals surface area (Å²) in [5, 5.41) is 0. The fourth-order valence-electron chi connectivity index (χ4n) is 0.615. The number of esters is 1. The van der Waals surface area contributed by atoms with Crippen molar-refractivity contribution in [2.75, 3.05) is 6.61 Å². The van der Waals surface area contributed by atoms with Crippen molar-refractivity contribution in [2.24, 2.45) is 0 Å². The number of rotatable bonds is 4. The average Bonchev–Trinajstić information content (AvgIpc) is 2.14. The maximum absolute atomic E-state index is 10.9. The van der Waals surface area contributed by atoms with Gasteiger partial charge in [-0.3, -0.25) is 25.2 Å². The summed E-state index contributed by atoms with van der Waals surface area (Å²) in [5.41, 5.74) is 4.22. The average molecular weight is 202 g/mol. The van der Waals surface area contributed by atoms with Gasteiger partial charge in [0.25, 0.3) is 0 Å². The molecule has 0 aromatic carbocycles. The van der Waals surface area contributed by atoms with Crippen LogP contribution in [0.4, 0.5) is 0 Å². The van der Waals surface area contributed by atoms with Gasteiger partial charge in [-0.1, -0.05) is 6.92 Å². The predicted molar refractivity (Wildman–Crippen MR) is 47.8 cm³/mol. The maximum Gasteiger partial charge on any atom is 0.315 e. The molecule has 0 aliphatic carbocycles. The van der Waals surface area contributed by atoms with Crippen LogP contribution in [0.25, 0.3) is 0 Å². The van der Waals surface area contributed by atoms with Crippen LogP contribution in [-0.4, -0.2) is 24.4 Å². The molecule has 0 atom stereocenters. The van der Waals surface area contributed by atoms with Crippen LogP contribution >= 0.6 is 0 Å². The summed E-state index contributed by atoms with van der Waals surface area (Å²) in [6.07, 6.45) is -0.127. The molecule has 0 fully saturated rings. The number of hydrogen-bond donors (Lipinski definition) is 2. The van der Waals surface area contributed by atoms with Crippen molar-refractivity contribution in [3.63, 3.8) is 0 Å². The van der Waals surface area contributed by atoms with Gasteiger partial charge in [0.2, 0.25) is 11.8 Å². The molecular formula is C8H14N2O4. The number of nitrogens with one attached hydrogen (secondary N) is 2. The van der Waals surface area contributed by atoms with Gasteiger partial charge in [-0.05, 0) is 6.92 Å². The van der Waals surface area contributed by atoms with Gasteiger partial charge in [0.15, 0.2) is 0 Å². The van der Waals surface area contributed by atoms with Crippen LogP contribution in [-0.2, 0) is 19.1 Å². The van der Waals surface area contributed by atoms with Crippen molar-refractivity contribution in [3.05, 3.63) is 0 Å². The van der Waals surface area contributed by atoms with Crippen molar-refractivity contribution in [3.8, 4) is 0 Å². The Morgan fingerprint density at radius 3 is 2.14 bits per heavy atom. The highest BCUT2D eigenvalue weighted by molar-refractivity contribution is 5.95. The largest absolute Gasteiger partial charge is 0.466 e. The van der Waals surface area contributed by atoms with Crippen LogP contribution in [0, 0.1) is 0 Å². The SMILES string of the molecule is CCOC(=O)CC(=O)NNC(=O)CC. The Kier molecular flexibility index (Phi) is 6.09. The third-order valence-electron chi connectivity index (χ3n) is 1.27. The second-order valence-corrected chi connectivity index (χ2v) is 2.43. The molecule has 0 saturated heterocycles. The Morgan fingerprint density at radius 2 is 1.64 bits per heavy atom. The molecule has 0 aromatic rings. The van der Waals surface area contributed by atoms with Crippen LogP contribution < -0.4 is 10.9 Å². The molecule has 0 aliphatic rings. The van der Waals surface area contributed by atoms with Crippen molar-refractivity contribution >= 4 is 17.8 Å². The van der Waals surface area contributed by atoms with E-state index in [0.717, 1.165) is 0 Å². The molecule has 0 spiro atoms. The number of carbonyl (C=O) groups is 3. The summed E-state index contributed by atoms with van der Waals surface area (Å²) in [7, 11) is 0. The van der Waals surface area contributed by atoms with Gasteiger partial charge in [0.05, 0.1) is 6.61 Å². The Balaban J connectivity index is 3.65. The van der Waals surface area contributed by atoms with Gasteiger partial charge in [-0.15, -0.1) is 0 Å². The van der Waals surface area contributed by atoms with Crippen molar-refractivity contribution in [1.82, 2.24) is 10.9 Å². The van der Waals surface area contributed by atoms with Gasteiger partial charge < -0.3 is 4.74 Å². The van der Waals surface area contributed by atoms with Crippen LogP contribution in [0.15, 0.2) is 0 Å². The first kappa shape index (κ1) is 12.4. The lowest BCUT2D eigenvalue weighted by molar-refractivity contribution is -0.146. The summed E-state index contributed by atoms with van der Waals surface area (Å²) in [6, 6.07) is 0. The van der Waals surface area contributed by atoms with Gasteiger partial charge in [-0.2, -0.15) is 0 Å². The van der Waals surface area contributed by atoms with Crippen LogP contribution in [0.5, 0.6) is 0 Å². The molecule has 80 valence electrons. The summed E-state index contributed by atoms with van der Waals surface area (Å²) in [6.45, 7) is 3.52. The molecule has 0 saturated carbocycles. The summed E-state index contributed by atoms with van der Waals surface area (Å²) >= 11 is 0. The highest BCUT2D eigenvalue weighted by atomic mass is 16.5. The molecule has 2 amide bonds. The number of hydrazine groups is 1. The highest BCUT2D eigenvalue weighted by Gasteiger charge is 2.09. The van der Waals surface area contributed by atoms with Gasteiger partial charge in [0.1, 0.15) is 6.42 Å². The molecule has 6 heteroatoms. The lowest BCUT2D eigenvalue weighted by Crippen LogP contribution is -2.42. The van der Waals surface area contributed by atoms with Gasteiger partial charge >= 0.3 is 5.97 Å². The van der Waals surface area contributed by atoms with Crippen molar-refractivity contribution in [2.45, 2.75) is 26.7 Å². The minimum Gasteiger partial charge on any atom is -0.466 e. The summed E-state index contributed by atoms with van der Waals surface area (Å²) in [4.78, 5) is 32.4.